The molecule has 0 aliphatic carbocycles. The Bertz CT molecular complexity index is 1130. The Hall–Kier alpha value is -3.60. The van der Waals surface area contributed by atoms with Gasteiger partial charge in [-0.05, 0) is 12.1 Å². The van der Waals surface area contributed by atoms with Crippen molar-refractivity contribution in [1.29, 1.82) is 0 Å². The lowest BCUT2D eigenvalue weighted by Gasteiger charge is -2.40. The highest BCUT2D eigenvalue weighted by atomic mass is 19.1. The number of benzene rings is 1. The Labute approximate surface area is 202 Å². The summed E-state index contributed by atoms with van der Waals surface area (Å²) in [4.78, 5) is 24.8. The highest BCUT2D eigenvalue weighted by Gasteiger charge is 2.44. The highest BCUT2D eigenvalue weighted by Crippen LogP contribution is 2.33. The number of amides is 1. The Kier molecular flexibility index (Phi) is 6.58. The molecule has 35 heavy (non-hydrogen) atoms. The van der Waals surface area contributed by atoms with Crippen molar-refractivity contribution in [3.63, 3.8) is 0 Å². The fraction of sp³-hybridized carbons (Fsp3) is 0.458. The van der Waals surface area contributed by atoms with Gasteiger partial charge in [-0.15, -0.1) is 10.2 Å². The molecule has 3 aromatic rings. The molecule has 1 amide bonds. The predicted molar refractivity (Wildman–Crippen MR) is 125 cm³/mol. The molecule has 11 heteroatoms. The SMILES string of the molecule is Nc1ncc(CN2CCC(F)(C(=O)N3CCC(Oc4ccccc4-c4nnco4)CC3)CC2)cn1. The summed E-state index contributed by atoms with van der Waals surface area (Å²) in [6.45, 7) is 2.53. The minimum atomic E-state index is -1.83. The van der Waals surface area contributed by atoms with E-state index in [2.05, 4.69) is 25.1 Å². The van der Waals surface area contributed by atoms with Crippen molar-refractivity contribution in [3.8, 4) is 17.2 Å². The number of carbonyl (C=O) groups excluding carboxylic acids is 1. The van der Waals surface area contributed by atoms with Crippen molar-refractivity contribution in [2.24, 2.45) is 0 Å². The molecule has 2 saturated heterocycles. The van der Waals surface area contributed by atoms with Gasteiger partial charge in [-0.3, -0.25) is 9.69 Å². The first-order valence-electron chi connectivity index (χ1n) is 11.8. The van der Waals surface area contributed by atoms with Crippen LogP contribution in [0.1, 0.15) is 31.2 Å². The number of nitrogens with zero attached hydrogens (tertiary/aromatic N) is 6. The van der Waals surface area contributed by atoms with Crippen LogP contribution in [0.4, 0.5) is 10.3 Å². The molecule has 0 bridgehead atoms. The van der Waals surface area contributed by atoms with Gasteiger partial charge in [0.1, 0.15) is 11.9 Å². The van der Waals surface area contributed by atoms with E-state index in [0.29, 0.717) is 57.2 Å². The number of halogens is 1. The third-order valence-corrected chi connectivity index (χ3v) is 6.66. The summed E-state index contributed by atoms with van der Waals surface area (Å²) in [5.74, 6) is 0.869. The van der Waals surface area contributed by atoms with E-state index in [4.69, 9.17) is 14.9 Å². The fourth-order valence-corrected chi connectivity index (χ4v) is 4.66. The molecular formula is C24H28FN7O3. The number of anilines is 1. The summed E-state index contributed by atoms with van der Waals surface area (Å²) in [6.07, 6.45) is 6.16. The molecule has 5 rings (SSSR count). The van der Waals surface area contributed by atoms with Crippen molar-refractivity contribution in [2.75, 3.05) is 31.9 Å². The molecule has 10 nitrogen and oxygen atoms in total. The first-order chi connectivity index (χ1) is 17.0. The van der Waals surface area contributed by atoms with Crippen molar-refractivity contribution in [3.05, 3.63) is 48.6 Å². The van der Waals surface area contributed by atoms with Crippen LogP contribution in [0.2, 0.25) is 0 Å². The average Bonchev–Trinajstić information content (AvgIpc) is 3.42. The number of nitrogens with two attached hydrogens (primary N) is 1. The van der Waals surface area contributed by atoms with Gasteiger partial charge in [0.25, 0.3) is 11.8 Å². The van der Waals surface area contributed by atoms with Gasteiger partial charge in [0.2, 0.25) is 12.3 Å². The van der Waals surface area contributed by atoms with Crippen LogP contribution in [0.25, 0.3) is 11.5 Å². The van der Waals surface area contributed by atoms with E-state index >= 15 is 4.39 Å². The molecule has 2 N–H and O–H groups in total. The Balaban J connectivity index is 1.13. The minimum Gasteiger partial charge on any atom is -0.489 e. The zero-order valence-corrected chi connectivity index (χ0v) is 19.3. The van der Waals surface area contributed by atoms with E-state index in [0.717, 1.165) is 11.1 Å². The van der Waals surface area contributed by atoms with Crippen LogP contribution in [-0.4, -0.2) is 73.8 Å². The average molecular weight is 482 g/mol. The standard InChI is InChI=1S/C24H28FN7O3/c25-24(7-11-31(12-8-24)15-17-13-27-23(26)28-14-17)22(33)32-9-5-18(6-10-32)35-20-4-2-1-3-19(20)21-30-29-16-34-21/h1-4,13-14,16,18H,5-12,15H2,(H2,26,27,28). The van der Waals surface area contributed by atoms with Gasteiger partial charge < -0.3 is 19.8 Å². The first-order valence-corrected chi connectivity index (χ1v) is 11.8. The van der Waals surface area contributed by atoms with Crippen LogP contribution >= 0.6 is 0 Å². The number of likely N-dealkylation sites (tertiary alicyclic amines) is 2. The van der Waals surface area contributed by atoms with Crippen molar-refractivity contribution in [1.82, 2.24) is 30.0 Å². The molecule has 0 spiro atoms. The maximum Gasteiger partial charge on any atom is 0.260 e. The normalized spacial score (nSPS) is 18.9. The molecule has 2 fully saturated rings. The second kappa shape index (κ2) is 9.95. The zero-order valence-electron chi connectivity index (χ0n) is 19.3. The van der Waals surface area contributed by atoms with Gasteiger partial charge in [-0.25, -0.2) is 14.4 Å². The lowest BCUT2D eigenvalue weighted by Crippen LogP contribution is -2.54. The maximum atomic E-state index is 15.7. The summed E-state index contributed by atoms with van der Waals surface area (Å²) in [5, 5.41) is 7.69. The maximum absolute atomic E-state index is 15.7. The number of alkyl halides is 1. The Morgan fingerprint density at radius 1 is 1.14 bits per heavy atom. The predicted octanol–water partition coefficient (Wildman–Crippen LogP) is 2.48. The van der Waals surface area contributed by atoms with Crippen molar-refractivity contribution >= 4 is 11.9 Å². The molecule has 184 valence electrons. The largest absolute Gasteiger partial charge is 0.489 e. The number of hydrogen-bond donors (Lipinski definition) is 1. The molecule has 2 aliphatic heterocycles. The summed E-state index contributed by atoms with van der Waals surface area (Å²) in [7, 11) is 0. The van der Waals surface area contributed by atoms with Crippen LogP contribution in [0.3, 0.4) is 0 Å². The molecule has 2 aromatic heterocycles. The van der Waals surface area contributed by atoms with Gasteiger partial charge in [0.05, 0.1) is 5.56 Å². The fourth-order valence-electron chi connectivity index (χ4n) is 4.66. The van der Waals surface area contributed by atoms with Crippen LogP contribution < -0.4 is 10.5 Å². The molecule has 1 aromatic carbocycles. The number of aromatic nitrogens is 4. The second-order valence-corrected chi connectivity index (χ2v) is 9.04. The van der Waals surface area contributed by atoms with Crippen LogP contribution in [0, 0.1) is 0 Å². The number of nitrogen functional groups attached to an aromatic ring is 1. The van der Waals surface area contributed by atoms with E-state index in [9.17, 15) is 4.79 Å². The van der Waals surface area contributed by atoms with Crippen LogP contribution in [-0.2, 0) is 11.3 Å². The van der Waals surface area contributed by atoms with Gasteiger partial charge in [-0.2, -0.15) is 0 Å². The second-order valence-electron chi connectivity index (χ2n) is 9.04. The summed E-state index contributed by atoms with van der Waals surface area (Å²) in [5.41, 5.74) is 5.34. The molecule has 2 aliphatic rings. The Morgan fingerprint density at radius 2 is 1.86 bits per heavy atom. The van der Waals surface area contributed by atoms with Crippen molar-refractivity contribution in [2.45, 2.75) is 44.0 Å². The first kappa shape index (κ1) is 23.2. The van der Waals surface area contributed by atoms with E-state index in [1.807, 2.05) is 24.3 Å². The van der Waals surface area contributed by atoms with Gasteiger partial charge >= 0.3 is 0 Å². The quantitative estimate of drug-likeness (QED) is 0.565. The third kappa shape index (κ3) is 5.24. The van der Waals surface area contributed by atoms with Gasteiger partial charge in [0, 0.05) is 76.4 Å². The van der Waals surface area contributed by atoms with Gasteiger partial charge in [-0.1, -0.05) is 12.1 Å². The number of carbonyl (C=O) groups is 1. The Morgan fingerprint density at radius 3 is 2.54 bits per heavy atom. The monoisotopic (exact) mass is 481 g/mol. The minimum absolute atomic E-state index is 0.0809. The number of para-hydroxylation sites is 1. The van der Waals surface area contributed by atoms with Gasteiger partial charge in [0.15, 0.2) is 5.67 Å². The van der Waals surface area contributed by atoms with E-state index in [1.165, 1.54) is 6.39 Å². The molecule has 0 radical (unpaired) electrons. The summed E-state index contributed by atoms with van der Waals surface area (Å²) in [6, 6.07) is 7.48. The molecule has 0 unspecified atom stereocenters. The number of piperidine rings is 2. The zero-order chi connectivity index (χ0) is 24.3. The topological polar surface area (TPSA) is 124 Å². The van der Waals surface area contributed by atoms with Crippen LogP contribution in [0.15, 0.2) is 47.5 Å². The summed E-state index contributed by atoms with van der Waals surface area (Å²) >= 11 is 0. The van der Waals surface area contributed by atoms with E-state index in [-0.39, 0.29) is 24.9 Å². The number of rotatable bonds is 6. The van der Waals surface area contributed by atoms with Crippen molar-refractivity contribution < 1.29 is 18.3 Å². The lowest BCUT2D eigenvalue weighted by atomic mass is 9.90. The van der Waals surface area contributed by atoms with E-state index < -0.39 is 11.6 Å². The molecule has 0 saturated carbocycles. The highest BCUT2D eigenvalue weighted by molar-refractivity contribution is 5.85. The molecular weight excluding hydrogens is 453 g/mol. The number of ether oxygens (including phenoxy) is 1. The lowest BCUT2D eigenvalue weighted by molar-refractivity contribution is -0.149. The van der Waals surface area contributed by atoms with Crippen LogP contribution in [0.5, 0.6) is 5.75 Å². The molecule has 0 atom stereocenters. The molecule has 4 heterocycles. The smallest absolute Gasteiger partial charge is 0.260 e. The third-order valence-electron chi connectivity index (χ3n) is 6.66. The summed E-state index contributed by atoms with van der Waals surface area (Å²) < 4.78 is 27.2. The number of hydrogen-bond acceptors (Lipinski definition) is 9. The van der Waals surface area contributed by atoms with E-state index in [1.54, 1.807) is 17.3 Å².